The molecule has 0 aliphatic heterocycles. The fourth-order valence-electron chi connectivity index (χ4n) is 10.5. The highest BCUT2D eigenvalue weighted by Gasteiger charge is 2.28. The van der Waals surface area contributed by atoms with Gasteiger partial charge in [-0.2, -0.15) is 0 Å². The van der Waals surface area contributed by atoms with E-state index in [4.69, 9.17) is 8.83 Å². The number of fused-ring (bicyclic) bond motifs is 10. The molecule has 4 heterocycles. The fraction of sp³-hybridized carbons (Fsp3) is 0.115. The molecule has 0 saturated carbocycles. The van der Waals surface area contributed by atoms with Crippen LogP contribution in [0.2, 0.25) is 0 Å². The molecule has 0 saturated heterocycles. The number of anilines is 6. The zero-order valence-corrected chi connectivity index (χ0v) is 37.8. The topological polar surface area (TPSA) is 37.2 Å². The molecule has 4 aromatic heterocycles. The molecule has 12 aromatic rings. The number of rotatable bonds is 10. The first-order valence-electron chi connectivity index (χ1n) is 23.1. The van der Waals surface area contributed by atoms with Crippen molar-refractivity contribution in [2.24, 2.45) is 0 Å². The number of hydrogen-bond acceptors (Lipinski definition) is 4. The van der Waals surface area contributed by atoms with E-state index in [1.807, 2.05) is 19.1 Å². The van der Waals surface area contributed by atoms with E-state index in [0.29, 0.717) is 11.8 Å². The van der Waals surface area contributed by atoms with Gasteiger partial charge in [0.1, 0.15) is 11.3 Å². The minimum atomic E-state index is 0.407. The SMILES string of the molecule is C=Cc1oc2c(N(c3ccc(C(C)C)cc3)c3cccc4c3c3cccc5c6c(N(c7ccc(C(C)C)cc7)c7cccc8c7oc7ccccc78)cccc6n4c35)cccc2c1/C=C\C. The van der Waals surface area contributed by atoms with Gasteiger partial charge in [0, 0.05) is 54.6 Å². The van der Waals surface area contributed by atoms with Crippen LogP contribution in [0.5, 0.6) is 0 Å². The Morgan fingerprint density at radius 2 is 0.955 bits per heavy atom. The summed E-state index contributed by atoms with van der Waals surface area (Å²) in [6.45, 7) is 15.1. The minimum Gasteiger partial charge on any atom is -0.454 e. The third kappa shape index (κ3) is 5.86. The smallest absolute Gasteiger partial charge is 0.159 e. The first-order valence-corrected chi connectivity index (χ1v) is 23.1. The quantitative estimate of drug-likeness (QED) is 0.137. The largest absolute Gasteiger partial charge is 0.454 e. The van der Waals surface area contributed by atoms with Gasteiger partial charge in [0.05, 0.1) is 39.3 Å². The third-order valence-electron chi connectivity index (χ3n) is 13.6. The van der Waals surface area contributed by atoms with E-state index in [0.717, 1.165) is 89.4 Å². The molecule has 12 rings (SSSR count). The molecule has 66 heavy (non-hydrogen) atoms. The molecule has 0 N–H and O–H groups in total. The summed E-state index contributed by atoms with van der Waals surface area (Å²) in [5.74, 6) is 1.58. The Morgan fingerprint density at radius 1 is 0.485 bits per heavy atom. The average Bonchev–Trinajstić information content (AvgIpc) is 4.10. The van der Waals surface area contributed by atoms with Crippen LogP contribution in [-0.2, 0) is 0 Å². The predicted molar refractivity (Wildman–Crippen MR) is 280 cm³/mol. The number of allylic oxidation sites excluding steroid dienone is 1. The predicted octanol–water partition coefficient (Wildman–Crippen LogP) is 18.3. The fourth-order valence-corrected chi connectivity index (χ4v) is 10.5. The Morgan fingerprint density at radius 3 is 1.50 bits per heavy atom. The molecule has 0 fully saturated rings. The van der Waals surface area contributed by atoms with Gasteiger partial charge in [-0.05, 0) is 103 Å². The normalized spacial score (nSPS) is 12.3. The highest BCUT2D eigenvalue weighted by atomic mass is 16.3. The van der Waals surface area contributed by atoms with Crippen molar-refractivity contribution >= 4 is 117 Å². The third-order valence-corrected chi connectivity index (χ3v) is 13.6. The molecule has 0 unspecified atom stereocenters. The molecule has 5 heteroatoms. The number of nitrogens with zero attached hydrogens (tertiary/aromatic N) is 3. The average molecular weight is 856 g/mol. The number of furan rings is 2. The molecule has 0 aliphatic rings. The number of aromatic nitrogens is 1. The Hall–Kier alpha value is -8.02. The lowest BCUT2D eigenvalue weighted by atomic mass is 10.0. The van der Waals surface area contributed by atoms with Gasteiger partial charge in [-0.15, -0.1) is 0 Å². The minimum absolute atomic E-state index is 0.407. The maximum Gasteiger partial charge on any atom is 0.159 e. The van der Waals surface area contributed by atoms with Gasteiger partial charge < -0.3 is 23.0 Å². The van der Waals surface area contributed by atoms with Crippen LogP contribution < -0.4 is 9.80 Å². The van der Waals surface area contributed by atoms with Gasteiger partial charge >= 0.3 is 0 Å². The van der Waals surface area contributed by atoms with E-state index in [1.54, 1.807) is 0 Å². The molecular formula is C61H49N3O2. The molecule has 0 bridgehead atoms. The van der Waals surface area contributed by atoms with Crippen molar-refractivity contribution in [3.8, 4) is 0 Å². The van der Waals surface area contributed by atoms with Gasteiger partial charge in [-0.1, -0.05) is 143 Å². The van der Waals surface area contributed by atoms with Crippen LogP contribution in [0, 0.1) is 0 Å². The summed E-state index contributed by atoms with van der Waals surface area (Å²) < 4.78 is 16.0. The lowest BCUT2D eigenvalue weighted by Gasteiger charge is -2.27. The van der Waals surface area contributed by atoms with E-state index in [1.165, 1.54) is 38.2 Å². The van der Waals surface area contributed by atoms with E-state index >= 15 is 0 Å². The molecule has 0 radical (unpaired) electrons. The zero-order chi connectivity index (χ0) is 44.8. The zero-order valence-electron chi connectivity index (χ0n) is 37.8. The van der Waals surface area contributed by atoms with Crippen molar-refractivity contribution in [3.63, 3.8) is 0 Å². The van der Waals surface area contributed by atoms with Crippen LogP contribution in [0.15, 0.2) is 185 Å². The first-order chi connectivity index (χ1) is 32.3. The van der Waals surface area contributed by atoms with E-state index < -0.39 is 0 Å². The van der Waals surface area contributed by atoms with Gasteiger partial charge in [0.15, 0.2) is 11.2 Å². The monoisotopic (exact) mass is 855 g/mol. The van der Waals surface area contributed by atoms with Crippen LogP contribution in [0.1, 0.15) is 68.9 Å². The van der Waals surface area contributed by atoms with Crippen LogP contribution in [0.25, 0.3) is 83.2 Å². The Bertz CT molecular complexity index is 3860. The summed E-state index contributed by atoms with van der Waals surface area (Å²) in [5.41, 5.74) is 15.9. The molecule has 0 aliphatic carbocycles. The Labute approximate surface area is 384 Å². The first kappa shape index (κ1) is 39.6. The number of benzene rings is 8. The number of hydrogen-bond donors (Lipinski definition) is 0. The van der Waals surface area contributed by atoms with Crippen molar-refractivity contribution in [1.82, 2.24) is 4.40 Å². The summed E-state index contributed by atoms with van der Waals surface area (Å²) in [7, 11) is 0. The van der Waals surface area contributed by atoms with Crippen molar-refractivity contribution < 1.29 is 8.83 Å². The summed E-state index contributed by atoms with van der Waals surface area (Å²) in [6, 6.07) is 59.7. The molecule has 0 atom stereocenters. The number of para-hydroxylation sites is 4. The summed E-state index contributed by atoms with van der Waals surface area (Å²) in [6.07, 6.45) is 5.98. The van der Waals surface area contributed by atoms with Crippen LogP contribution in [-0.4, -0.2) is 4.40 Å². The van der Waals surface area contributed by atoms with Crippen LogP contribution in [0.4, 0.5) is 34.1 Å². The second-order valence-corrected chi connectivity index (χ2v) is 18.0. The van der Waals surface area contributed by atoms with Gasteiger partial charge in [-0.25, -0.2) is 0 Å². The van der Waals surface area contributed by atoms with Crippen molar-refractivity contribution in [2.45, 2.75) is 46.5 Å². The summed E-state index contributed by atoms with van der Waals surface area (Å²) in [5, 5.41) is 7.98. The second-order valence-electron chi connectivity index (χ2n) is 18.0. The molecular weight excluding hydrogens is 807 g/mol. The summed E-state index contributed by atoms with van der Waals surface area (Å²) in [4.78, 5) is 4.79. The van der Waals surface area contributed by atoms with Crippen molar-refractivity contribution in [3.05, 3.63) is 199 Å². The maximum atomic E-state index is 6.76. The standard InChI is InChI=1S/C61H49N3O2/c1-7-16-43-45-18-12-26-53(60(45)65-55(43)8-2)62(41-33-29-39(30-34-41)37(3)4)49-22-14-24-51-57(49)47-20-11-21-48-58-50(23-15-25-52(58)64(51)59(47)48)63(42-35-31-40(32-36-42)38(5)6)54-27-13-19-46-44-17-9-10-28-56(44)66-61(46)54/h7-38H,2H2,1,3-6H3/b16-7-. The highest BCUT2D eigenvalue weighted by Crippen LogP contribution is 2.51. The van der Waals surface area contributed by atoms with Gasteiger partial charge in [0.25, 0.3) is 0 Å². The molecule has 0 amide bonds. The van der Waals surface area contributed by atoms with Crippen molar-refractivity contribution in [1.29, 1.82) is 0 Å². The molecule has 320 valence electrons. The van der Waals surface area contributed by atoms with E-state index in [-0.39, 0.29) is 0 Å². The summed E-state index contributed by atoms with van der Waals surface area (Å²) >= 11 is 0. The van der Waals surface area contributed by atoms with Crippen LogP contribution >= 0.6 is 0 Å². The van der Waals surface area contributed by atoms with Gasteiger partial charge in [-0.3, -0.25) is 0 Å². The van der Waals surface area contributed by atoms with Crippen LogP contribution in [0.3, 0.4) is 0 Å². The Balaban J connectivity index is 1.14. The van der Waals surface area contributed by atoms with Gasteiger partial charge in [0.2, 0.25) is 0 Å². The maximum absolute atomic E-state index is 6.76. The lowest BCUT2D eigenvalue weighted by molar-refractivity contribution is 0.604. The van der Waals surface area contributed by atoms with E-state index in [2.05, 4.69) is 218 Å². The molecule has 0 spiro atoms. The Kier molecular flexibility index (Phi) is 9.18. The lowest BCUT2D eigenvalue weighted by Crippen LogP contribution is -2.11. The molecule has 8 aromatic carbocycles. The second kappa shape index (κ2) is 15.3. The van der Waals surface area contributed by atoms with Crippen molar-refractivity contribution in [2.75, 3.05) is 9.80 Å². The van der Waals surface area contributed by atoms with E-state index in [9.17, 15) is 0 Å². The highest BCUT2D eigenvalue weighted by molar-refractivity contribution is 6.29. The molecule has 5 nitrogen and oxygen atoms in total.